The first-order valence-electron chi connectivity index (χ1n) is 19.2. The number of pyridine rings is 1. The van der Waals surface area contributed by atoms with E-state index in [-0.39, 0.29) is 0 Å². The fraction of sp³-hybridized carbons (Fsp3) is 0.0833. The second-order valence-corrected chi connectivity index (χ2v) is 14.3. The lowest BCUT2D eigenvalue weighted by molar-refractivity contribution is 0.928. The van der Waals surface area contributed by atoms with Gasteiger partial charge in [0.2, 0.25) is 0 Å². The van der Waals surface area contributed by atoms with Crippen LogP contribution in [-0.2, 0) is 0 Å². The van der Waals surface area contributed by atoms with E-state index in [2.05, 4.69) is 74.1 Å². The summed E-state index contributed by atoms with van der Waals surface area (Å²) in [5.41, 5.74) is 9.17. The maximum Gasteiger partial charge on any atom is 0.164 e. The number of fused-ring (bicyclic) bond motifs is 3. The van der Waals surface area contributed by atoms with E-state index in [0.29, 0.717) is 52.4 Å². The van der Waals surface area contributed by atoms with Gasteiger partial charge < -0.3 is 4.57 Å². The Morgan fingerprint density at radius 3 is 1.29 bits per heavy atom. The highest BCUT2D eigenvalue weighted by molar-refractivity contribution is 6.11. The lowest BCUT2D eigenvalue weighted by Crippen LogP contribution is -2.03. The lowest BCUT2D eigenvalue weighted by atomic mass is 9.99. The highest BCUT2D eigenvalue weighted by Crippen LogP contribution is 2.39. The summed E-state index contributed by atoms with van der Waals surface area (Å²) < 4.78 is 2.27. The molecule has 59 heavy (non-hydrogen) atoms. The van der Waals surface area contributed by atoms with Crippen LogP contribution in [0.25, 0.3) is 95.6 Å². The number of aromatic nitrogens is 11. The van der Waals surface area contributed by atoms with E-state index in [1.807, 2.05) is 100 Å². The molecule has 0 amide bonds. The van der Waals surface area contributed by atoms with Gasteiger partial charge >= 0.3 is 0 Å². The zero-order chi connectivity index (χ0) is 40.0. The average Bonchev–Trinajstić information content (AvgIpc) is 3.59. The van der Waals surface area contributed by atoms with Gasteiger partial charge in [0.05, 0.1) is 11.0 Å². The van der Waals surface area contributed by atoms with Gasteiger partial charge in [-0.25, -0.2) is 44.9 Å². The number of rotatable bonds is 7. The Morgan fingerprint density at radius 1 is 0.339 bits per heavy atom. The van der Waals surface area contributed by atoms with Crippen molar-refractivity contribution in [3.8, 4) is 73.8 Å². The van der Waals surface area contributed by atoms with E-state index >= 15 is 0 Å². The summed E-state index contributed by atoms with van der Waals surface area (Å²) in [7, 11) is 0. The molecule has 0 atom stereocenters. The van der Waals surface area contributed by atoms with Crippen molar-refractivity contribution in [2.45, 2.75) is 27.7 Å². The summed E-state index contributed by atoms with van der Waals surface area (Å²) in [4.78, 5) is 47.4. The third-order valence-corrected chi connectivity index (χ3v) is 10.2. The van der Waals surface area contributed by atoms with Crippen LogP contribution >= 0.6 is 0 Å². The molecule has 0 aliphatic carbocycles. The van der Waals surface area contributed by atoms with Crippen molar-refractivity contribution in [1.82, 2.24) is 54.4 Å². The Morgan fingerprint density at radius 2 is 0.797 bits per heavy atom. The van der Waals surface area contributed by atoms with Gasteiger partial charge in [0.15, 0.2) is 29.1 Å². The molecular weight excluding hydrogens is 731 g/mol. The topological polar surface area (TPSA) is 134 Å². The van der Waals surface area contributed by atoms with E-state index < -0.39 is 0 Å². The third kappa shape index (κ3) is 6.74. The van der Waals surface area contributed by atoms with Crippen LogP contribution in [0.2, 0.25) is 0 Å². The quantitative estimate of drug-likeness (QED) is 0.154. The monoisotopic (exact) mass is 765 g/mol. The number of benzene rings is 5. The molecule has 0 unspecified atom stereocenters. The summed E-state index contributed by atoms with van der Waals surface area (Å²) in [6, 6.07) is 43.2. The summed E-state index contributed by atoms with van der Waals surface area (Å²) in [6.45, 7) is 7.55. The summed E-state index contributed by atoms with van der Waals surface area (Å²) >= 11 is 0. The highest BCUT2D eigenvalue weighted by Gasteiger charge is 2.21. The largest absolute Gasteiger partial charge is 0.309 e. The van der Waals surface area contributed by atoms with Crippen molar-refractivity contribution in [3.63, 3.8) is 0 Å². The molecule has 282 valence electrons. The molecule has 5 heterocycles. The van der Waals surface area contributed by atoms with Gasteiger partial charge in [0.25, 0.3) is 0 Å². The predicted molar refractivity (Wildman–Crippen MR) is 230 cm³/mol. The van der Waals surface area contributed by atoms with Crippen molar-refractivity contribution >= 4 is 21.8 Å². The minimum atomic E-state index is 0.542. The highest BCUT2D eigenvalue weighted by atomic mass is 15.1. The van der Waals surface area contributed by atoms with Gasteiger partial charge in [-0.1, -0.05) is 91.0 Å². The summed E-state index contributed by atoms with van der Waals surface area (Å²) in [6.07, 6.45) is 3.60. The molecule has 0 saturated carbocycles. The van der Waals surface area contributed by atoms with E-state index in [4.69, 9.17) is 34.9 Å². The van der Waals surface area contributed by atoms with E-state index in [1.54, 1.807) is 12.4 Å². The zero-order valence-corrected chi connectivity index (χ0v) is 32.7. The van der Waals surface area contributed by atoms with Crippen LogP contribution in [0.4, 0.5) is 0 Å². The molecule has 0 fully saturated rings. The fourth-order valence-corrected chi connectivity index (χ4v) is 7.63. The van der Waals surface area contributed by atoms with Gasteiger partial charge in [-0.2, -0.15) is 0 Å². The van der Waals surface area contributed by atoms with Gasteiger partial charge in [-0.05, 0) is 75.2 Å². The predicted octanol–water partition coefficient (Wildman–Crippen LogP) is 9.97. The molecule has 11 nitrogen and oxygen atoms in total. The van der Waals surface area contributed by atoms with E-state index in [1.165, 1.54) is 0 Å². The summed E-state index contributed by atoms with van der Waals surface area (Å²) in [5, 5.41) is 2.14. The van der Waals surface area contributed by atoms with E-state index in [0.717, 1.165) is 66.4 Å². The van der Waals surface area contributed by atoms with Gasteiger partial charge in [0.1, 0.15) is 23.3 Å². The van der Waals surface area contributed by atoms with Crippen LogP contribution < -0.4 is 0 Å². The lowest BCUT2D eigenvalue weighted by Gasteiger charge is -2.16. The molecule has 0 aliphatic rings. The Kier molecular flexibility index (Phi) is 8.75. The van der Waals surface area contributed by atoms with Gasteiger partial charge in [0, 0.05) is 56.7 Å². The minimum absolute atomic E-state index is 0.542. The second-order valence-electron chi connectivity index (χ2n) is 14.3. The smallest absolute Gasteiger partial charge is 0.164 e. The first-order valence-corrected chi connectivity index (χ1v) is 19.2. The molecule has 5 aromatic carbocycles. The normalized spacial score (nSPS) is 11.4. The van der Waals surface area contributed by atoms with Gasteiger partial charge in [-0.15, -0.1) is 0 Å². The number of hydrogen-bond donors (Lipinski definition) is 0. The molecule has 0 aliphatic heterocycles. The van der Waals surface area contributed by atoms with Crippen LogP contribution in [0.3, 0.4) is 0 Å². The molecule has 0 bridgehead atoms. The van der Waals surface area contributed by atoms with Crippen molar-refractivity contribution in [2.75, 3.05) is 0 Å². The Labute approximate surface area is 339 Å². The Balaban J connectivity index is 1.27. The summed E-state index contributed by atoms with van der Waals surface area (Å²) in [5.74, 6) is 5.60. The number of aryl methyl sites for hydroxylation is 4. The molecule has 0 saturated heterocycles. The molecule has 0 N–H and O–H groups in total. The zero-order valence-electron chi connectivity index (χ0n) is 32.7. The van der Waals surface area contributed by atoms with Crippen molar-refractivity contribution in [1.29, 1.82) is 0 Å². The SMILES string of the molecule is Cc1nc(C)nc(-c2ccc3c4ccc(-c5nc(C)nc(C)n5)cc4n(-c4ccc(-c5ccncc5)c(-c5nc(-c6ccccc6)nc(-c6ccccc6)n5)c4)c3c2)n1. The van der Waals surface area contributed by atoms with Crippen molar-refractivity contribution in [2.24, 2.45) is 0 Å². The first-order chi connectivity index (χ1) is 28.8. The van der Waals surface area contributed by atoms with Crippen LogP contribution in [0.5, 0.6) is 0 Å². The van der Waals surface area contributed by atoms with Crippen molar-refractivity contribution < 1.29 is 0 Å². The second kappa shape index (κ2) is 14.5. The molecule has 10 rings (SSSR count). The average molecular weight is 766 g/mol. The Bertz CT molecular complexity index is 2990. The van der Waals surface area contributed by atoms with Crippen LogP contribution in [0.1, 0.15) is 23.3 Å². The van der Waals surface area contributed by atoms with Crippen LogP contribution in [-0.4, -0.2) is 54.4 Å². The minimum Gasteiger partial charge on any atom is -0.309 e. The fourth-order valence-electron chi connectivity index (χ4n) is 7.63. The van der Waals surface area contributed by atoms with Crippen LogP contribution in [0, 0.1) is 27.7 Å². The Hall–Kier alpha value is -7.92. The molecule has 0 spiro atoms. The standard InChI is InChI=1S/C48H35N11/c1-28-50-29(2)53-46(52-28)35-15-18-39-40-19-16-36(47-54-30(3)51-31(4)55-47)26-43(40)59(42(39)25-35)37-17-20-38(32-21-23-49-24-22-32)41(27-37)48-57-44(33-11-7-5-8-12-33)56-45(58-48)34-13-9-6-10-14-34/h5-27H,1-4H3. The van der Waals surface area contributed by atoms with Crippen LogP contribution in [0.15, 0.2) is 140 Å². The van der Waals surface area contributed by atoms with Gasteiger partial charge in [-0.3, -0.25) is 4.98 Å². The number of nitrogens with zero attached hydrogens (tertiary/aromatic N) is 11. The maximum absolute atomic E-state index is 5.18. The van der Waals surface area contributed by atoms with Crippen molar-refractivity contribution in [3.05, 3.63) is 163 Å². The third-order valence-electron chi connectivity index (χ3n) is 10.2. The molecule has 0 radical (unpaired) electrons. The van der Waals surface area contributed by atoms with E-state index in [9.17, 15) is 0 Å². The molecule has 10 aromatic rings. The molecule has 11 heteroatoms. The molecular formula is C48H35N11. The maximum atomic E-state index is 5.18. The number of hydrogen-bond acceptors (Lipinski definition) is 10. The first kappa shape index (κ1) is 35.5. The molecule has 5 aromatic heterocycles.